The summed E-state index contributed by atoms with van der Waals surface area (Å²) in [5, 5.41) is 12.1. The summed E-state index contributed by atoms with van der Waals surface area (Å²) in [6.45, 7) is 6.26. The van der Waals surface area contributed by atoms with Crippen LogP contribution >= 0.6 is 11.3 Å². The molecule has 1 N–H and O–H groups in total. The monoisotopic (exact) mass is 442 g/mol. The zero-order valence-electron chi connectivity index (χ0n) is 18.0. The number of carbonyl (C=O) groups excluding carboxylic acids is 1. The number of piperazine rings is 1. The standard InChI is InChI=1S/C23H30N4O3S/c1-25-8-10-26(11-9-25)14-17-4-2-5-18(12-17)22-24-20(16-31-22)13-21(28)27-7-3-6-19(15-27)23(29)30/h2,4-5,12,16,19H,3,6-11,13-15H2,1H3,(H,29,30). The van der Waals surface area contributed by atoms with Gasteiger partial charge in [0.15, 0.2) is 0 Å². The van der Waals surface area contributed by atoms with Crippen molar-refractivity contribution < 1.29 is 14.7 Å². The maximum atomic E-state index is 12.7. The number of hydrogen-bond acceptors (Lipinski definition) is 6. The first-order valence-electron chi connectivity index (χ1n) is 10.9. The van der Waals surface area contributed by atoms with Gasteiger partial charge in [0.2, 0.25) is 5.91 Å². The first-order valence-corrected chi connectivity index (χ1v) is 11.8. The summed E-state index contributed by atoms with van der Waals surface area (Å²) >= 11 is 1.56. The number of aromatic nitrogens is 1. The fourth-order valence-electron chi connectivity index (χ4n) is 4.26. The third-order valence-corrected chi connectivity index (χ3v) is 7.12. The highest BCUT2D eigenvalue weighted by Gasteiger charge is 2.28. The topological polar surface area (TPSA) is 77.0 Å². The maximum Gasteiger partial charge on any atom is 0.308 e. The molecule has 2 saturated heterocycles. The average molecular weight is 443 g/mol. The zero-order valence-corrected chi connectivity index (χ0v) is 18.8. The Morgan fingerprint density at radius 1 is 1.19 bits per heavy atom. The van der Waals surface area contributed by atoms with Crippen LogP contribution in [-0.2, 0) is 22.6 Å². The van der Waals surface area contributed by atoms with Crippen LogP contribution in [0.2, 0.25) is 0 Å². The Hall–Kier alpha value is -2.29. The molecule has 166 valence electrons. The van der Waals surface area contributed by atoms with Gasteiger partial charge in [-0.05, 0) is 31.5 Å². The van der Waals surface area contributed by atoms with Gasteiger partial charge in [0.05, 0.1) is 18.0 Å². The van der Waals surface area contributed by atoms with Crippen LogP contribution in [0, 0.1) is 5.92 Å². The van der Waals surface area contributed by atoms with Crippen LogP contribution in [0.1, 0.15) is 24.1 Å². The fraction of sp³-hybridized carbons (Fsp3) is 0.522. The summed E-state index contributed by atoms with van der Waals surface area (Å²) in [6.07, 6.45) is 1.61. The van der Waals surface area contributed by atoms with E-state index in [9.17, 15) is 14.7 Å². The van der Waals surface area contributed by atoms with E-state index in [2.05, 4.69) is 41.1 Å². The van der Waals surface area contributed by atoms with E-state index in [1.807, 2.05) is 5.38 Å². The molecular formula is C23H30N4O3S. The molecule has 1 atom stereocenters. The van der Waals surface area contributed by atoms with Gasteiger partial charge in [-0.15, -0.1) is 11.3 Å². The molecule has 31 heavy (non-hydrogen) atoms. The Morgan fingerprint density at radius 2 is 2.00 bits per heavy atom. The van der Waals surface area contributed by atoms with Crippen LogP contribution in [0.4, 0.5) is 0 Å². The molecule has 0 radical (unpaired) electrons. The molecule has 2 aliphatic rings. The number of carbonyl (C=O) groups is 2. The molecule has 0 saturated carbocycles. The van der Waals surface area contributed by atoms with Gasteiger partial charge in [0.25, 0.3) is 0 Å². The number of likely N-dealkylation sites (N-methyl/N-ethyl adjacent to an activating group) is 1. The third-order valence-electron chi connectivity index (χ3n) is 6.18. The molecule has 3 heterocycles. The summed E-state index contributed by atoms with van der Waals surface area (Å²) in [5.41, 5.74) is 3.12. The van der Waals surface area contributed by atoms with Crippen LogP contribution in [0.5, 0.6) is 0 Å². The molecular weight excluding hydrogens is 412 g/mol. The van der Waals surface area contributed by atoms with E-state index in [-0.39, 0.29) is 12.3 Å². The predicted octanol–water partition coefficient (Wildman–Crippen LogP) is 2.42. The Balaban J connectivity index is 1.37. The lowest BCUT2D eigenvalue weighted by molar-refractivity contribution is -0.145. The summed E-state index contributed by atoms with van der Waals surface area (Å²) in [6, 6.07) is 8.51. The second-order valence-corrected chi connectivity index (χ2v) is 9.48. The van der Waals surface area contributed by atoms with Crippen molar-refractivity contribution in [2.24, 2.45) is 5.92 Å². The van der Waals surface area contributed by atoms with Gasteiger partial charge < -0.3 is 14.9 Å². The van der Waals surface area contributed by atoms with E-state index in [0.717, 1.165) is 55.4 Å². The summed E-state index contributed by atoms with van der Waals surface area (Å²) in [7, 11) is 2.17. The molecule has 7 nitrogen and oxygen atoms in total. The van der Waals surface area contributed by atoms with Crippen molar-refractivity contribution in [1.82, 2.24) is 19.7 Å². The number of carboxylic acid groups (broad SMARTS) is 1. The molecule has 0 bridgehead atoms. The van der Waals surface area contributed by atoms with Crippen molar-refractivity contribution in [1.29, 1.82) is 0 Å². The van der Waals surface area contributed by atoms with E-state index in [1.165, 1.54) is 5.56 Å². The Kier molecular flexibility index (Phi) is 6.99. The summed E-state index contributed by atoms with van der Waals surface area (Å²) < 4.78 is 0. The second kappa shape index (κ2) is 9.89. The first kappa shape index (κ1) is 21.9. The highest BCUT2D eigenvalue weighted by Crippen LogP contribution is 2.26. The number of carboxylic acids is 1. The van der Waals surface area contributed by atoms with Crippen molar-refractivity contribution >= 4 is 23.2 Å². The largest absolute Gasteiger partial charge is 0.481 e. The minimum atomic E-state index is -0.815. The molecule has 0 spiro atoms. The highest BCUT2D eigenvalue weighted by molar-refractivity contribution is 7.13. The summed E-state index contributed by atoms with van der Waals surface area (Å²) in [4.78, 5) is 35.1. The quantitative estimate of drug-likeness (QED) is 0.741. The van der Waals surface area contributed by atoms with Crippen molar-refractivity contribution in [3.63, 3.8) is 0 Å². The predicted molar refractivity (Wildman–Crippen MR) is 121 cm³/mol. The van der Waals surface area contributed by atoms with Crippen LogP contribution in [0.3, 0.4) is 0 Å². The number of piperidine rings is 1. The fourth-order valence-corrected chi connectivity index (χ4v) is 5.08. The molecule has 1 unspecified atom stereocenters. The van der Waals surface area contributed by atoms with Crippen molar-refractivity contribution in [3.8, 4) is 10.6 Å². The van der Waals surface area contributed by atoms with E-state index in [1.54, 1.807) is 16.2 Å². The minimum Gasteiger partial charge on any atom is -0.481 e. The zero-order chi connectivity index (χ0) is 21.8. The number of thiazole rings is 1. The number of hydrogen-bond donors (Lipinski definition) is 1. The van der Waals surface area contributed by atoms with Gasteiger partial charge in [-0.2, -0.15) is 0 Å². The van der Waals surface area contributed by atoms with Gasteiger partial charge in [-0.1, -0.05) is 18.2 Å². The normalized spacial score (nSPS) is 20.7. The van der Waals surface area contributed by atoms with E-state index >= 15 is 0 Å². The number of rotatable bonds is 6. The molecule has 1 amide bonds. The van der Waals surface area contributed by atoms with Crippen LogP contribution in [0.25, 0.3) is 10.6 Å². The first-order chi connectivity index (χ1) is 15.0. The lowest BCUT2D eigenvalue weighted by atomic mass is 9.98. The van der Waals surface area contributed by atoms with Crippen molar-refractivity contribution in [3.05, 3.63) is 40.9 Å². The SMILES string of the molecule is CN1CCN(Cc2cccc(-c3nc(CC(=O)N4CCCC(C(=O)O)C4)cs3)c2)CC1. The Morgan fingerprint density at radius 3 is 2.77 bits per heavy atom. The molecule has 1 aromatic carbocycles. The number of amides is 1. The molecule has 2 aliphatic heterocycles. The van der Waals surface area contributed by atoms with E-state index < -0.39 is 11.9 Å². The van der Waals surface area contributed by atoms with E-state index in [0.29, 0.717) is 19.5 Å². The molecule has 2 aromatic rings. The second-order valence-electron chi connectivity index (χ2n) is 8.62. The van der Waals surface area contributed by atoms with Crippen LogP contribution < -0.4 is 0 Å². The van der Waals surface area contributed by atoms with E-state index in [4.69, 9.17) is 4.98 Å². The maximum absolute atomic E-state index is 12.7. The molecule has 1 aromatic heterocycles. The minimum absolute atomic E-state index is 0.0355. The average Bonchev–Trinajstić information content (AvgIpc) is 3.24. The van der Waals surface area contributed by atoms with Gasteiger partial charge in [0.1, 0.15) is 5.01 Å². The van der Waals surface area contributed by atoms with Crippen molar-refractivity contribution in [2.45, 2.75) is 25.8 Å². The number of benzene rings is 1. The van der Waals surface area contributed by atoms with Gasteiger partial charge in [-0.25, -0.2) is 4.98 Å². The number of aliphatic carboxylic acids is 1. The smallest absolute Gasteiger partial charge is 0.308 e. The molecule has 8 heteroatoms. The third kappa shape index (κ3) is 5.70. The number of likely N-dealkylation sites (tertiary alicyclic amines) is 1. The van der Waals surface area contributed by atoms with Crippen LogP contribution in [-0.4, -0.2) is 83.0 Å². The Labute approximate surface area is 187 Å². The highest BCUT2D eigenvalue weighted by atomic mass is 32.1. The van der Waals surface area contributed by atoms with Gasteiger partial charge in [-0.3, -0.25) is 14.5 Å². The lowest BCUT2D eigenvalue weighted by Gasteiger charge is -2.32. The van der Waals surface area contributed by atoms with Crippen molar-refractivity contribution in [2.75, 3.05) is 46.3 Å². The lowest BCUT2D eigenvalue weighted by Crippen LogP contribution is -2.43. The van der Waals surface area contributed by atoms with Gasteiger partial charge >= 0.3 is 5.97 Å². The molecule has 0 aliphatic carbocycles. The number of nitrogens with zero attached hydrogens (tertiary/aromatic N) is 4. The Bertz CT molecular complexity index is 923. The molecule has 2 fully saturated rings. The molecule has 4 rings (SSSR count). The van der Waals surface area contributed by atoms with Crippen LogP contribution in [0.15, 0.2) is 29.6 Å². The summed E-state index contributed by atoms with van der Waals surface area (Å²) in [5.74, 6) is -1.30. The van der Waals surface area contributed by atoms with Gasteiger partial charge in [0, 0.05) is 56.8 Å².